The molecule has 0 fully saturated rings. The number of hydrogen-bond donors (Lipinski definition) is 1. The van der Waals surface area contributed by atoms with Gasteiger partial charge in [0.05, 0.1) is 18.2 Å². The average Bonchev–Trinajstić information content (AvgIpc) is 3.11. The van der Waals surface area contributed by atoms with Crippen molar-refractivity contribution < 1.29 is 14.3 Å². The van der Waals surface area contributed by atoms with E-state index < -0.39 is 5.97 Å². The molecule has 0 radical (unpaired) electrons. The van der Waals surface area contributed by atoms with Crippen molar-refractivity contribution >= 4 is 44.1 Å². The van der Waals surface area contributed by atoms with Crippen molar-refractivity contribution in [2.24, 2.45) is 0 Å². The van der Waals surface area contributed by atoms with E-state index in [1.165, 1.54) is 24.0 Å². The molecule has 1 aromatic heterocycles. The van der Waals surface area contributed by atoms with E-state index in [9.17, 15) is 9.59 Å². The van der Waals surface area contributed by atoms with Crippen LogP contribution in [-0.4, -0.2) is 19.0 Å². The van der Waals surface area contributed by atoms with Crippen molar-refractivity contribution in [2.75, 3.05) is 12.4 Å². The van der Waals surface area contributed by atoms with Gasteiger partial charge in [0.15, 0.2) is 0 Å². The number of fused-ring (bicyclic) bond motifs is 1. The summed E-state index contributed by atoms with van der Waals surface area (Å²) in [4.78, 5) is 26.5. The monoisotopic (exact) mass is 469 g/mol. The molecule has 0 unspecified atom stereocenters. The minimum Gasteiger partial charge on any atom is -0.465 e. The summed E-state index contributed by atoms with van der Waals surface area (Å²) in [7, 11) is 1.38. The maximum Gasteiger partial charge on any atom is 0.341 e. The number of amides is 1. The third kappa shape index (κ3) is 4.00. The van der Waals surface area contributed by atoms with Gasteiger partial charge in [0.25, 0.3) is 5.91 Å². The zero-order valence-corrected chi connectivity index (χ0v) is 18.3. The third-order valence-corrected chi connectivity index (χ3v) is 7.13. The Hall–Kier alpha value is -2.44. The average molecular weight is 470 g/mol. The molecule has 1 aliphatic rings. The zero-order chi connectivity index (χ0) is 20.4. The van der Waals surface area contributed by atoms with E-state index in [0.29, 0.717) is 26.5 Å². The standard InChI is InChI=1S/C23H20BrNO3S/c1-28-23(27)20-17-12-11-15(14-7-3-2-4-8-14)13-19(17)29-22(20)25-21(26)16-9-5-6-10-18(16)24/h2-10,15H,11-13H2,1H3,(H,25,26)/t15-/m1/s1. The van der Waals surface area contributed by atoms with E-state index >= 15 is 0 Å². The van der Waals surface area contributed by atoms with Crippen LogP contribution in [0, 0.1) is 0 Å². The second-order valence-electron chi connectivity index (χ2n) is 6.98. The number of ether oxygens (including phenoxy) is 1. The molecule has 0 saturated heterocycles. The summed E-state index contributed by atoms with van der Waals surface area (Å²) in [6.07, 6.45) is 2.62. The molecular formula is C23H20BrNO3S. The van der Waals surface area contributed by atoms with E-state index in [1.807, 2.05) is 24.3 Å². The van der Waals surface area contributed by atoms with Crippen molar-refractivity contribution in [2.45, 2.75) is 25.2 Å². The van der Waals surface area contributed by atoms with Crippen LogP contribution in [0.2, 0.25) is 0 Å². The maximum atomic E-state index is 12.8. The summed E-state index contributed by atoms with van der Waals surface area (Å²) in [6, 6.07) is 17.7. The molecule has 0 bridgehead atoms. The molecule has 0 saturated carbocycles. The summed E-state index contributed by atoms with van der Waals surface area (Å²) < 4.78 is 5.74. The predicted molar refractivity (Wildman–Crippen MR) is 119 cm³/mol. The van der Waals surface area contributed by atoms with Crippen molar-refractivity contribution in [3.05, 3.63) is 86.2 Å². The number of thiophene rings is 1. The molecule has 3 aromatic rings. The highest BCUT2D eigenvalue weighted by Gasteiger charge is 2.30. The highest BCUT2D eigenvalue weighted by atomic mass is 79.9. The first-order valence-corrected chi connectivity index (χ1v) is 11.0. The first-order chi connectivity index (χ1) is 14.1. The van der Waals surface area contributed by atoms with Gasteiger partial charge in [-0.3, -0.25) is 4.79 Å². The molecule has 0 spiro atoms. The topological polar surface area (TPSA) is 55.4 Å². The number of nitrogens with one attached hydrogen (secondary N) is 1. The van der Waals surface area contributed by atoms with Gasteiger partial charge in [0.1, 0.15) is 5.00 Å². The molecule has 1 amide bonds. The zero-order valence-electron chi connectivity index (χ0n) is 15.9. The van der Waals surface area contributed by atoms with Crippen LogP contribution in [-0.2, 0) is 17.6 Å². The number of benzene rings is 2. The molecule has 1 aliphatic carbocycles. The van der Waals surface area contributed by atoms with Crippen molar-refractivity contribution in [3.63, 3.8) is 0 Å². The predicted octanol–water partition coefficient (Wildman–Crippen LogP) is 5.82. The lowest BCUT2D eigenvalue weighted by Gasteiger charge is -2.22. The van der Waals surface area contributed by atoms with Gasteiger partial charge in [-0.15, -0.1) is 11.3 Å². The Labute approximate surface area is 182 Å². The van der Waals surface area contributed by atoms with E-state index in [0.717, 1.165) is 29.7 Å². The molecule has 2 aromatic carbocycles. The Morgan fingerprint density at radius 3 is 2.55 bits per heavy atom. The SMILES string of the molecule is COC(=O)c1c(NC(=O)c2ccccc2Br)sc2c1CC[C@@H](c1ccccc1)C2. The van der Waals surface area contributed by atoms with E-state index in [4.69, 9.17) is 4.74 Å². The fourth-order valence-corrected chi connectivity index (χ4v) is 5.59. The van der Waals surface area contributed by atoms with Gasteiger partial charge >= 0.3 is 5.97 Å². The van der Waals surface area contributed by atoms with E-state index in [1.54, 1.807) is 6.07 Å². The maximum absolute atomic E-state index is 12.8. The van der Waals surface area contributed by atoms with E-state index in [-0.39, 0.29) is 5.91 Å². The number of hydrogen-bond acceptors (Lipinski definition) is 4. The molecule has 148 valence electrons. The molecule has 29 heavy (non-hydrogen) atoms. The first kappa shape index (κ1) is 19.9. The molecule has 0 aliphatic heterocycles. The van der Waals surface area contributed by atoms with Gasteiger partial charge in [-0.2, -0.15) is 0 Å². The quantitative estimate of drug-likeness (QED) is 0.489. The molecule has 4 nitrogen and oxygen atoms in total. The summed E-state index contributed by atoms with van der Waals surface area (Å²) in [5.74, 6) is -0.233. The second-order valence-corrected chi connectivity index (χ2v) is 8.94. The van der Waals surface area contributed by atoms with Crippen LogP contribution < -0.4 is 5.32 Å². The Morgan fingerprint density at radius 1 is 1.10 bits per heavy atom. The highest BCUT2D eigenvalue weighted by Crippen LogP contribution is 2.43. The molecular weight excluding hydrogens is 450 g/mol. The number of esters is 1. The van der Waals surface area contributed by atoms with Crippen LogP contribution >= 0.6 is 27.3 Å². The van der Waals surface area contributed by atoms with Gasteiger partial charge in [0.2, 0.25) is 0 Å². The molecule has 1 heterocycles. The van der Waals surface area contributed by atoms with Gasteiger partial charge in [0, 0.05) is 9.35 Å². The van der Waals surface area contributed by atoms with Crippen molar-refractivity contribution in [3.8, 4) is 0 Å². The number of anilines is 1. The molecule has 6 heteroatoms. The van der Waals surface area contributed by atoms with Crippen LogP contribution in [0.15, 0.2) is 59.1 Å². The summed E-state index contributed by atoms with van der Waals surface area (Å²) in [5.41, 5.74) is 3.35. The number of carbonyl (C=O) groups is 2. The molecule has 1 N–H and O–H groups in total. The fourth-order valence-electron chi connectivity index (χ4n) is 3.82. The summed E-state index contributed by atoms with van der Waals surface area (Å²) >= 11 is 4.90. The minimum absolute atomic E-state index is 0.249. The normalized spacial score (nSPS) is 15.4. The third-order valence-electron chi connectivity index (χ3n) is 5.27. The van der Waals surface area contributed by atoms with Crippen LogP contribution in [0.1, 0.15) is 49.1 Å². The molecule has 1 atom stereocenters. The molecule has 4 rings (SSSR count). The Balaban J connectivity index is 1.67. The fraction of sp³-hybridized carbons (Fsp3) is 0.217. The van der Waals surface area contributed by atoms with Gasteiger partial charge < -0.3 is 10.1 Å². The van der Waals surface area contributed by atoms with Crippen molar-refractivity contribution in [1.82, 2.24) is 0 Å². The number of carbonyl (C=O) groups excluding carboxylic acids is 2. The lowest BCUT2D eigenvalue weighted by Crippen LogP contribution is -2.16. The lowest BCUT2D eigenvalue weighted by atomic mass is 9.83. The Bertz CT molecular complexity index is 1060. The van der Waals surface area contributed by atoms with Crippen molar-refractivity contribution in [1.29, 1.82) is 0 Å². The minimum atomic E-state index is -0.400. The van der Waals surface area contributed by atoms with Gasteiger partial charge in [-0.25, -0.2) is 4.79 Å². The Morgan fingerprint density at radius 2 is 1.83 bits per heavy atom. The number of methoxy groups -OCH3 is 1. The van der Waals surface area contributed by atoms with Gasteiger partial charge in [-0.1, -0.05) is 42.5 Å². The van der Waals surface area contributed by atoms with Crippen LogP contribution in [0.25, 0.3) is 0 Å². The smallest absolute Gasteiger partial charge is 0.341 e. The number of rotatable bonds is 4. The van der Waals surface area contributed by atoms with Crippen LogP contribution in [0.4, 0.5) is 5.00 Å². The second kappa shape index (κ2) is 8.51. The number of halogens is 1. The lowest BCUT2D eigenvalue weighted by molar-refractivity contribution is 0.0601. The summed E-state index contributed by atoms with van der Waals surface area (Å²) in [5, 5.41) is 3.51. The van der Waals surface area contributed by atoms with Crippen LogP contribution in [0.3, 0.4) is 0 Å². The van der Waals surface area contributed by atoms with Crippen LogP contribution in [0.5, 0.6) is 0 Å². The Kier molecular flexibility index (Phi) is 5.83. The largest absolute Gasteiger partial charge is 0.465 e. The van der Waals surface area contributed by atoms with E-state index in [2.05, 4.69) is 45.5 Å². The first-order valence-electron chi connectivity index (χ1n) is 9.42. The summed E-state index contributed by atoms with van der Waals surface area (Å²) in [6.45, 7) is 0. The van der Waals surface area contributed by atoms with Gasteiger partial charge in [-0.05, 0) is 64.4 Å². The highest BCUT2D eigenvalue weighted by molar-refractivity contribution is 9.10.